The Bertz CT molecular complexity index is 334. The molecular weight excluding hydrogens is 210 g/mol. The molecule has 1 aliphatic carbocycles. The van der Waals surface area contributed by atoms with Crippen LogP contribution in [-0.4, -0.2) is 35.4 Å². The van der Waals surface area contributed by atoms with Gasteiger partial charge in [0.15, 0.2) is 0 Å². The number of likely N-dealkylation sites (N-methyl/N-ethyl adjacent to an activating group) is 1. The number of thiazole rings is 1. The first-order valence-corrected chi connectivity index (χ1v) is 5.97. The van der Waals surface area contributed by atoms with Crippen molar-refractivity contribution in [1.82, 2.24) is 9.88 Å². The molecule has 1 fully saturated rings. The highest BCUT2D eigenvalue weighted by Crippen LogP contribution is 2.35. The number of aromatic nitrogens is 1. The molecule has 5 heteroatoms. The highest BCUT2D eigenvalue weighted by Gasteiger charge is 2.35. The van der Waals surface area contributed by atoms with Crippen LogP contribution < -0.4 is 5.73 Å². The standard InChI is InChI=1S/C10H15N3OS/c1-13(8(4-11)7-2-3-7)10(14)9-5-12-6-15-9/h5-8H,2-4,11H2,1H3. The zero-order valence-corrected chi connectivity index (χ0v) is 9.54. The van der Waals surface area contributed by atoms with E-state index in [2.05, 4.69) is 4.98 Å². The van der Waals surface area contributed by atoms with Gasteiger partial charge in [0.05, 0.1) is 11.7 Å². The Morgan fingerprint density at radius 2 is 2.53 bits per heavy atom. The van der Waals surface area contributed by atoms with Crippen LogP contribution in [0.2, 0.25) is 0 Å². The Labute approximate surface area is 93.1 Å². The minimum atomic E-state index is 0.0415. The van der Waals surface area contributed by atoms with Crippen LogP contribution in [0.3, 0.4) is 0 Å². The Morgan fingerprint density at radius 1 is 1.80 bits per heavy atom. The van der Waals surface area contributed by atoms with E-state index in [0.717, 1.165) is 0 Å². The second-order valence-electron chi connectivity index (χ2n) is 3.92. The minimum absolute atomic E-state index is 0.0415. The summed E-state index contributed by atoms with van der Waals surface area (Å²) in [7, 11) is 1.83. The number of nitrogens with two attached hydrogens (primary N) is 1. The summed E-state index contributed by atoms with van der Waals surface area (Å²) in [5, 5.41) is 0. The summed E-state index contributed by atoms with van der Waals surface area (Å²) >= 11 is 1.38. The van der Waals surface area contributed by atoms with Crippen molar-refractivity contribution in [3.8, 4) is 0 Å². The predicted octanol–water partition coefficient (Wildman–Crippen LogP) is 0.952. The molecule has 0 aromatic carbocycles. The highest BCUT2D eigenvalue weighted by atomic mass is 32.1. The third kappa shape index (κ3) is 2.18. The van der Waals surface area contributed by atoms with Crippen molar-refractivity contribution in [3.63, 3.8) is 0 Å². The first-order valence-electron chi connectivity index (χ1n) is 5.09. The van der Waals surface area contributed by atoms with Crippen LogP contribution in [0.15, 0.2) is 11.7 Å². The molecule has 1 unspecified atom stereocenters. The van der Waals surface area contributed by atoms with Gasteiger partial charge < -0.3 is 10.6 Å². The molecule has 1 saturated carbocycles. The Kier molecular flexibility index (Phi) is 3.02. The van der Waals surface area contributed by atoms with E-state index in [9.17, 15) is 4.79 Å². The van der Waals surface area contributed by atoms with E-state index >= 15 is 0 Å². The average Bonchev–Trinajstić information content (AvgIpc) is 2.93. The van der Waals surface area contributed by atoms with E-state index < -0.39 is 0 Å². The first-order chi connectivity index (χ1) is 7.24. The van der Waals surface area contributed by atoms with E-state index in [1.54, 1.807) is 16.6 Å². The topological polar surface area (TPSA) is 59.2 Å². The second kappa shape index (κ2) is 4.28. The Hall–Kier alpha value is -0.940. The number of amides is 1. The smallest absolute Gasteiger partial charge is 0.265 e. The largest absolute Gasteiger partial charge is 0.336 e. The summed E-state index contributed by atoms with van der Waals surface area (Å²) < 4.78 is 0. The molecule has 1 aliphatic rings. The maximum Gasteiger partial charge on any atom is 0.265 e. The van der Waals surface area contributed by atoms with Crippen molar-refractivity contribution in [3.05, 3.63) is 16.6 Å². The van der Waals surface area contributed by atoms with Crippen molar-refractivity contribution in [1.29, 1.82) is 0 Å². The molecule has 2 rings (SSSR count). The van der Waals surface area contributed by atoms with Gasteiger partial charge in [-0.25, -0.2) is 0 Å². The van der Waals surface area contributed by atoms with Crippen LogP contribution in [0.4, 0.5) is 0 Å². The third-order valence-corrected chi connectivity index (χ3v) is 3.63. The van der Waals surface area contributed by atoms with Gasteiger partial charge in [-0.1, -0.05) is 0 Å². The van der Waals surface area contributed by atoms with Crippen molar-refractivity contribution in [2.45, 2.75) is 18.9 Å². The third-order valence-electron chi connectivity index (χ3n) is 2.87. The minimum Gasteiger partial charge on any atom is -0.336 e. The lowest BCUT2D eigenvalue weighted by atomic mass is 10.1. The molecule has 0 spiro atoms. The van der Waals surface area contributed by atoms with Crippen molar-refractivity contribution in [2.75, 3.05) is 13.6 Å². The molecule has 0 radical (unpaired) electrons. The van der Waals surface area contributed by atoms with E-state index in [4.69, 9.17) is 5.73 Å². The van der Waals surface area contributed by atoms with Crippen LogP contribution in [0.5, 0.6) is 0 Å². The van der Waals surface area contributed by atoms with E-state index in [-0.39, 0.29) is 11.9 Å². The van der Waals surface area contributed by atoms with Gasteiger partial charge in [-0.3, -0.25) is 9.78 Å². The molecule has 15 heavy (non-hydrogen) atoms. The number of rotatable bonds is 4. The van der Waals surface area contributed by atoms with Gasteiger partial charge in [-0.05, 0) is 18.8 Å². The lowest BCUT2D eigenvalue weighted by Crippen LogP contribution is -2.43. The van der Waals surface area contributed by atoms with Crippen molar-refractivity contribution < 1.29 is 4.79 Å². The quantitative estimate of drug-likeness (QED) is 0.830. The fraction of sp³-hybridized carbons (Fsp3) is 0.600. The molecule has 82 valence electrons. The summed E-state index contributed by atoms with van der Waals surface area (Å²) in [5.41, 5.74) is 7.38. The lowest BCUT2D eigenvalue weighted by molar-refractivity contribution is 0.0723. The molecule has 0 saturated heterocycles. The molecule has 1 heterocycles. The fourth-order valence-corrected chi connectivity index (χ4v) is 2.40. The number of hydrogen-bond acceptors (Lipinski definition) is 4. The Balaban J connectivity index is 2.05. The summed E-state index contributed by atoms with van der Waals surface area (Å²) in [4.78, 5) is 18.4. The molecular formula is C10H15N3OS. The van der Waals surface area contributed by atoms with Crippen LogP contribution in [0.25, 0.3) is 0 Å². The van der Waals surface area contributed by atoms with Crippen molar-refractivity contribution in [2.24, 2.45) is 11.7 Å². The second-order valence-corrected chi connectivity index (χ2v) is 4.81. The maximum atomic E-state index is 12.0. The Morgan fingerprint density at radius 3 is 3.00 bits per heavy atom. The number of hydrogen-bond donors (Lipinski definition) is 1. The summed E-state index contributed by atoms with van der Waals surface area (Å²) in [6.45, 7) is 0.547. The van der Waals surface area contributed by atoms with Gasteiger partial charge in [-0.15, -0.1) is 11.3 Å². The SMILES string of the molecule is CN(C(=O)c1cncs1)C(CN)C1CC1. The van der Waals surface area contributed by atoms with Gasteiger partial charge in [0.1, 0.15) is 4.88 Å². The van der Waals surface area contributed by atoms with Gasteiger partial charge in [0.2, 0.25) is 0 Å². The first kappa shape index (κ1) is 10.6. The molecule has 1 amide bonds. The van der Waals surface area contributed by atoms with Crippen molar-refractivity contribution >= 4 is 17.2 Å². The number of carbonyl (C=O) groups is 1. The van der Waals surface area contributed by atoms with Gasteiger partial charge in [0.25, 0.3) is 5.91 Å². The van der Waals surface area contributed by atoms with Crippen LogP contribution >= 0.6 is 11.3 Å². The number of carbonyl (C=O) groups excluding carboxylic acids is 1. The maximum absolute atomic E-state index is 12.0. The van der Waals surface area contributed by atoms with Crippen LogP contribution in [0, 0.1) is 5.92 Å². The fourth-order valence-electron chi connectivity index (χ4n) is 1.79. The average molecular weight is 225 g/mol. The lowest BCUT2D eigenvalue weighted by Gasteiger charge is -2.26. The van der Waals surface area contributed by atoms with Crippen LogP contribution in [-0.2, 0) is 0 Å². The summed E-state index contributed by atoms with van der Waals surface area (Å²) in [6, 6.07) is 0.194. The van der Waals surface area contributed by atoms with E-state index in [1.165, 1.54) is 24.2 Å². The molecule has 1 atom stereocenters. The van der Waals surface area contributed by atoms with Gasteiger partial charge in [0, 0.05) is 19.6 Å². The van der Waals surface area contributed by atoms with Gasteiger partial charge >= 0.3 is 0 Å². The molecule has 0 aliphatic heterocycles. The van der Waals surface area contributed by atoms with Crippen LogP contribution in [0.1, 0.15) is 22.5 Å². The van der Waals surface area contributed by atoms with Gasteiger partial charge in [-0.2, -0.15) is 0 Å². The molecule has 2 N–H and O–H groups in total. The molecule has 1 aromatic rings. The monoisotopic (exact) mass is 225 g/mol. The molecule has 1 aromatic heterocycles. The van der Waals surface area contributed by atoms with E-state index in [0.29, 0.717) is 17.3 Å². The normalized spacial score (nSPS) is 17.5. The summed E-state index contributed by atoms with van der Waals surface area (Å²) in [6.07, 6.45) is 4.01. The summed E-state index contributed by atoms with van der Waals surface area (Å²) in [5.74, 6) is 0.650. The highest BCUT2D eigenvalue weighted by molar-refractivity contribution is 7.11. The molecule has 0 bridgehead atoms. The zero-order valence-electron chi connectivity index (χ0n) is 8.72. The van der Waals surface area contributed by atoms with E-state index in [1.807, 2.05) is 7.05 Å². The zero-order chi connectivity index (χ0) is 10.8. The molecule has 4 nitrogen and oxygen atoms in total. The predicted molar refractivity (Wildman–Crippen MR) is 59.8 cm³/mol. The number of nitrogens with zero attached hydrogens (tertiary/aromatic N) is 2.